The van der Waals surface area contributed by atoms with Gasteiger partial charge < -0.3 is 10.0 Å². The molecule has 1 fully saturated rings. The molecule has 0 saturated carbocycles. The minimum Gasteiger partial charge on any atom is -0.481 e. The van der Waals surface area contributed by atoms with Gasteiger partial charge in [-0.25, -0.2) is 0 Å². The fourth-order valence-corrected chi connectivity index (χ4v) is 3.06. The van der Waals surface area contributed by atoms with E-state index in [-0.39, 0.29) is 5.56 Å². The highest BCUT2D eigenvalue weighted by Gasteiger charge is 2.53. The molecule has 0 unspecified atom stereocenters. The first-order valence-corrected chi connectivity index (χ1v) is 7.87. The highest BCUT2D eigenvalue weighted by molar-refractivity contribution is 6.00. The molecule has 3 heterocycles. The SMILES string of the molecule is CCn1cc(-c2[nH]ncc2C(=O)N2C[C@@H](C(F)(F)F)[C@H](C(=O)O)C2)cn1. The number of carboxylic acid groups (broad SMARTS) is 1. The number of hydrogen-bond acceptors (Lipinski definition) is 4. The topological polar surface area (TPSA) is 104 Å². The molecule has 1 amide bonds. The number of nitrogens with one attached hydrogen (secondary N) is 1. The molecule has 140 valence electrons. The first-order chi connectivity index (χ1) is 12.2. The lowest BCUT2D eigenvalue weighted by molar-refractivity contribution is -0.187. The van der Waals surface area contributed by atoms with E-state index >= 15 is 0 Å². The summed E-state index contributed by atoms with van der Waals surface area (Å²) in [7, 11) is 0. The highest BCUT2D eigenvalue weighted by atomic mass is 19.4. The van der Waals surface area contributed by atoms with Gasteiger partial charge in [-0.15, -0.1) is 0 Å². The number of carbonyl (C=O) groups is 2. The van der Waals surface area contributed by atoms with Crippen LogP contribution in [0, 0.1) is 11.8 Å². The van der Waals surface area contributed by atoms with Gasteiger partial charge in [-0.2, -0.15) is 23.4 Å². The maximum atomic E-state index is 13.1. The summed E-state index contributed by atoms with van der Waals surface area (Å²) >= 11 is 0. The predicted octanol–water partition coefficient (Wildman–Crippen LogP) is 1.63. The van der Waals surface area contributed by atoms with Crippen LogP contribution in [0.4, 0.5) is 13.2 Å². The van der Waals surface area contributed by atoms with Gasteiger partial charge in [0.25, 0.3) is 5.91 Å². The van der Waals surface area contributed by atoms with Gasteiger partial charge in [-0.1, -0.05) is 0 Å². The maximum Gasteiger partial charge on any atom is 0.394 e. The van der Waals surface area contributed by atoms with Crippen LogP contribution in [0.1, 0.15) is 17.3 Å². The second-order valence-corrected chi connectivity index (χ2v) is 6.05. The standard InChI is InChI=1S/C15H16F3N5O3/c1-2-23-5-8(3-20-23)12-9(4-19-21-12)13(24)22-6-10(14(25)26)11(7-22)15(16,17)18/h3-5,10-11H,2,6-7H2,1H3,(H,19,21)(H,25,26)/t10-,11-/m1/s1. The van der Waals surface area contributed by atoms with Gasteiger partial charge in [0.05, 0.1) is 35.5 Å². The predicted molar refractivity (Wildman–Crippen MR) is 82.1 cm³/mol. The molecule has 3 rings (SSSR count). The molecule has 1 aliphatic rings. The van der Waals surface area contributed by atoms with E-state index in [9.17, 15) is 22.8 Å². The van der Waals surface area contributed by atoms with Gasteiger partial charge in [0.2, 0.25) is 0 Å². The van der Waals surface area contributed by atoms with Gasteiger partial charge in [0.1, 0.15) is 0 Å². The molecule has 8 nitrogen and oxygen atoms in total. The number of aliphatic carboxylic acids is 1. The van der Waals surface area contributed by atoms with Gasteiger partial charge in [-0.05, 0) is 6.92 Å². The minimum absolute atomic E-state index is 0.0765. The number of nitrogens with zero attached hydrogens (tertiary/aromatic N) is 4. The lowest BCUT2D eigenvalue weighted by Gasteiger charge is -2.18. The molecule has 0 bridgehead atoms. The number of hydrogen-bond donors (Lipinski definition) is 2. The molecule has 2 atom stereocenters. The zero-order valence-electron chi connectivity index (χ0n) is 13.7. The van der Waals surface area contributed by atoms with Gasteiger partial charge in [0, 0.05) is 31.4 Å². The lowest BCUT2D eigenvalue weighted by Crippen LogP contribution is -2.34. The number of alkyl halides is 3. The first kappa shape index (κ1) is 18.0. The Morgan fingerprint density at radius 2 is 2.08 bits per heavy atom. The van der Waals surface area contributed by atoms with E-state index < -0.39 is 43.0 Å². The van der Waals surface area contributed by atoms with E-state index in [1.807, 2.05) is 6.92 Å². The fourth-order valence-electron chi connectivity index (χ4n) is 3.06. The van der Waals surface area contributed by atoms with Crippen molar-refractivity contribution in [3.63, 3.8) is 0 Å². The molecule has 1 saturated heterocycles. The van der Waals surface area contributed by atoms with Crippen LogP contribution < -0.4 is 0 Å². The van der Waals surface area contributed by atoms with E-state index in [0.29, 0.717) is 17.8 Å². The van der Waals surface area contributed by atoms with Gasteiger partial charge in [0.15, 0.2) is 0 Å². The second-order valence-electron chi connectivity index (χ2n) is 6.05. The van der Waals surface area contributed by atoms with Crippen molar-refractivity contribution in [1.29, 1.82) is 0 Å². The Labute approximate surface area is 145 Å². The number of amides is 1. The van der Waals surface area contributed by atoms with Crippen molar-refractivity contribution in [2.24, 2.45) is 11.8 Å². The molecule has 0 aromatic carbocycles. The summed E-state index contributed by atoms with van der Waals surface area (Å²) in [6.07, 6.45) is -0.291. The van der Waals surface area contributed by atoms with Gasteiger partial charge in [-0.3, -0.25) is 19.4 Å². The van der Waals surface area contributed by atoms with E-state index in [4.69, 9.17) is 5.11 Å². The normalized spacial score (nSPS) is 20.5. The summed E-state index contributed by atoms with van der Waals surface area (Å²) in [6.45, 7) is 1.29. The molecule has 26 heavy (non-hydrogen) atoms. The Kier molecular flexibility index (Phi) is 4.46. The van der Waals surface area contributed by atoms with E-state index in [0.717, 1.165) is 4.90 Å². The van der Waals surface area contributed by atoms with Crippen LogP contribution in [0.25, 0.3) is 11.3 Å². The molecular formula is C15H16F3N5O3. The lowest BCUT2D eigenvalue weighted by atomic mass is 9.96. The number of carbonyl (C=O) groups excluding carboxylic acids is 1. The third-order valence-corrected chi connectivity index (χ3v) is 4.46. The summed E-state index contributed by atoms with van der Waals surface area (Å²) in [5.41, 5.74) is 0.971. The van der Waals surface area contributed by atoms with Crippen LogP contribution in [0.5, 0.6) is 0 Å². The summed E-state index contributed by atoms with van der Waals surface area (Å²) in [6, 6.07) is 0. The summed E-state index contributed by atoms with van der Waals surface area (Å²) in [4.78, 5) is 24.8. The summed E-state index contributed by atoms with van der Waals surface area (Å²) < 4.78 is 40.9. The molecule has 0 spiro atoms. The largest absolute Gasteiger partial charge is 0.481 e. The molecule has 0 radical (unpaired) electrons. The van der Waals surface area contributed by atoms with Crippen molar-refractivity contribution < 1.29 is 27.9 Å². The molecule has 2 aromatic heterocycles. The fraction of sp³-hybridized carbons (Fsp3) is 0.467. The van der Waals surface area contributed by atoms with Crippen LogP contribution in [0.15, 0.2) is 18.6 Å². The smallest absolute Gasteiger partial charge is 0.394 e. The average molecular weight is 371 g/mol. The van der Waals surface area contributed by atoms with E-state index in [2.05, 4.69) is 15.3 Å². The monoisotopic (exact) mass is 371 g/mol. The number of halogens is 3. The summed E-state index contributed by atoms with van der Waals surface area (Å²) in [5, 5.41) is 19.6. The Morgan fingerprint density at radius 3 is 2.62 bits per heavy atom. The Bertz CT molecular complexity index is 829. The van der Waals surface area contributed by atoms with Crippen molar-refractivity contribution in [3.05, 3.63) is 24.2 Å². The number of carboxylic acids is 1. The number of aryl methyl sites for hydroxylation is 1. The maximum absolute atomic E-state index is 13.1. The number of likely N-dealkylation sites (tertiary alicyclic amines) is 1. The van der Waals surface area contributed by atoms with Crippen molar-refractivity contribution in [3.8, 4) is 11.3 Å². The Balaban J connectivity index is 1.87. The summed E-state index contributed by atoms with van der Waals surface area (Å²) in [5.74, 6) is -6.05. The Hall–Kier alpha value is -2.85. The first-order valence-electron chi connectivity index (χ1n) is 7.87. The number of rotatable bonds is 4. The third kappa shape index (κ3) is 3.16. The van der Waals surface area contributed by atoms with Crippen LogP contribution >= 0.6 is 0 Å². The number of H-pyrrole nitrogens is 1. The second kappa shape index (κ2) is 6.46. The van der Waals surface area contributed by atoms with Crippen LogP contribution in [0.2, 0.25) is 0 Å². The number of aromatic nitrogens is 4. The van der Waals surface area contributed by atoms with Crippen LogP contribution in [-0.2, 0) is 11.3 Å². The molecule has 1 aliphatic heterocycles. The molecule has 11 heteroatoms. The highest BCUT2D eigenvalue weighted by Crippen LogP contribution is 2.38. The Morgan fingerprint density at radius 1 is 1.35 bits per heavy atom. The van der Waals surface area contributed by atoms with E-state index in [1.54, 1.807) is 10.9 Å². The number of aromatic amines is 1. The van der Waals surface area contributed by atoms with Crippen LogP contribution in [0.3, 0.4) is 0 Å². The van der Waals surface area contributed by atoms with Crippen molar-refractivity contribution in [2.45, 2.75) is 19.6 Å². The molecule has 2 aromatic rings. The zero-order chi connectivity index (χ0) is 19.1. The minimum atomic E-state index is -4.69. The molecular weight excluding hydrogens is 355 g/mol. The third-order valence-electron chi connectivity index (χ3n) is 4.46. The van der Waals surface area contributed by atoms with Crippen molar-refractivity contribution in [2.75, 3.05) is 13.1 Å². The average Bonchev–Trinajstić information content (AvgIpc) is 3.29. The van der Waals surface area contributed by atoms with E-state index in [1.165, 1.54) is 12.4 Å². The van der Waals surface area contributed by atoms with Crippen molar-refractivity contribution in [1.82, 2.24) is 24.9 Å². The zero-order valence-corrected chi connectivity index (χ0v) is 13.7. The van der Waals surface area contributed by atoms with Crippen molar-refractivity contribution >= 4 is 11.9 Å². The molecule has 2 N–H and O–H groups in total. The van der Waals surface area contributed by atoms with Gasteiger partial charge >= 0.3 is 12.1 Å². The van der Waals surface area contributed by atoms with Crippen LogP contribution in [-0.4, -0.2) is 61.1 Å². The quantitative estimate of drug-likeness (QED) is 0.850. The molecule has 0 aliphatic carbocycles.